The number of carbonyl (C=O) groups excluding carboxylic acids is 1. The van der Waals surface area contributed by atoms with E-state index in [1.165, 1.54) is 5.56 Å². The summed E-state index contributed by atoms with van der Waals surface area (Å²) < 4.78 is 1.80. The fourth-order valence-corrected chi connectivity index (χ4v) is 4.51. The van der Waals surface area contributed by atoms with Crippen molar-refractivity contribution in [2.24, 2.45) is 0 Å². The van der Waals surface area contributed by atoms with E-state index in [0.29, 0.717) is 50.8 Å². The lowest BCUT2D eigenvalue weighted by Gasteiger charge is -2.34. The lowest BCUT2D eigenvalue weighted by Crippen LogP contribution is -2.49. The predicted octanol–water partition coefficient (Wildman–Crippen LogP) is 2.71. The first-order valence-corrected chi connectivity index (χ1v) is 12.0. The van der Waals surface area contributed by atoms with Crippen molar-refractivity contribution >= 4 is 22.9 Å². The average molecular weight is 469 g/mol. The summed E-state index contributed by atoms with van der Waals surface area (Å²) in [7, 11) is 0. The van der Waals surface area contributed by atoms with Crippen LogP contribution in [0.25, 0.3) is 11.0 Å². The minimum absolute atomic E-state index is 0.0452. The highest BCUT2D eigenvalue weighted by Gasteiger charge is 2.23. The van der Waals surface area contributed by atoms with Gasteiger partial charge in [0.25, 0.3) is 5.56 Å². The van der Waals surface area contributed by atoms with E-state index in [4.69, 9.17) is 0 Å². The zero-order chi connectivity index (χ0) is 24.0. The van der Waals surface area contributed by atoms with Gasteiger partial charge in [-0.25, -0.2) is 15.0 Å². The first-order valence-electron chi connectivity index (χ1n) is 12.0. The first kappa shape index (κ1) is 22.7. The number of piperazine rings is 1. The smallest absolute Gasteiger partial charge is 0.272 e. The number of aromatic nitrogens is 4. The maximum Gasteiger partial charge on any atom is 0.272 e. The molecule has 35 heavy (non-hydrogen) atoms. The highest BCUT2D eigenvalue weighted by Crippen LogP contribution is 2.14. The summed E-state index contributed by atoms with van der Waals surface area (Å²) in [4.78, 5) is 43.4. The van der Waals surface area contributed by atoms with Gasteiger partial charge >= 0.3 is 0 Å². The summed E-state index contributed by atoms with van der Waals surface area (Å²) in [6.07, 6.45) is 4.80. The quantitative estimate of drug-likeness (QED) is 0.415. The lowest BCUT2D eigenvalue weighted by molar-refractivity contribution is -0.131. The molecule has 8 nitrogen and oxygen atoms in total. The number of amides is 1. The Hall–Kier alpha value is -4.07. The van der Waals surface area contributed by atoms with Crippen molar-refractivity contribution in [1.29, 1.82) is 0 Å². The van der Waals surface area contributed by atoms with Crippen LogP contribution in [0.3, 0.4) is 0 Å². The maximum absolute atomic E-state index is 13.3. The van der Waals surface area contributed by atoms with Crippen LogP contribution in [0.5, 0.6) is 0 Å². The second-order valence-electron chi connectivity index (χ2n) is 8.66. The minimum Gasteiger partial charge on any atom is -0.339 e. The van der Waals surface area contributed by atoms with Crippen molar-refractivity contribution in [3.05, 3.63) is 94.7 Å². The Balaban J connectivity index is 1.26. The SMILES string of the molecule is O=C(CCc1nc2ccccc2n(CCc2ccccc2)c1=O)N1CCN(c2ncccn2)CC1. The Labute approximate surface area is 203 Å². The molecule has 0 spiro atoms. The standard InChI is InChI=1S/C27H28N6O2/c34-25(31-17-19-32(20-18-31)27-28-14-6-15-29-27)12-11-23-26(35)33(16-13-21-7-2-1-3-8-21)24-10-5-4-9-22(24)30-23/h1-10,14-15H,11-13,16-20H2. The maximum atomic E-state index is 13.3. The third-order valence-electron chi connectivity index (χ3n) is 6.43. The molecule has 0 atom stereocenters. The van der Waals surface area contributed by atoms with E-state index in [-0.39, 0.29) is 17.9 Å². The molecule has 178 valence electrons. The molecule has 0 unspecified atom stereocenters. The number of benzene rings is 2. The van der Waals surface area contributed by atoms with Crippen LogP contribution in [0.2, 0.25) is 0 Å². The third kappa shape index (κ3) is 5.21. The normalized spacial score (nSPS) is 13.8. The largest absolute Gasteiger partial charge is 0.339 e. The number of carbonyl (C=O) groups is 1. The third-order valence-corrected chi connectivity index (χ3v) is 6.43. The van der Waals surface area contributed by atoms with Gasteiger partial charge in [-0.3, -0.25) is 9.59 Å². The van der Waals surface area contributed by atoms with Gasteiger partial charge < -0.3 is 14.4 Å². The van der Waals surface area contributed by atoms with Gasteiger partial charge in [0, 0.05) is 58.0 Å². The number of hydrogen-bond donors (Lipinski definition) is 0. The number of hydrogen-bond acceptors (Lipinski definition) is 6. The van der Waals surface area contributed by atoms with Crippen molar-refractivity contribution in [1.82, 2.24) is 24.4 Å². The summed E-state index contributed by atoms with van der Waals surface area (Å²) in [5, 5.41) is 0. The van der Waals surface area contributed by atoms with Gasteiger partial charge in [0.2, 0.25) is 11.9 Å². The van der Waals surface area contributed by atoms with Crippen molar-refractivity contribution in [2.45, 2.75) is 25.8 Å². The highest BCUT2D eigenvalue weighted by atomic mass is 16.2. The summed E-state index contributed by atoms with van der Waals surface area (Å²) >= 11 is 0. The number of fused-ring (bicyclic) bond motifs is 1. The van der Waals surface area contributed by atoms with Crippen molar-refractivity contribution in [3.63, 3.8) is 0 Å². The molecule has 0 radical (unpaired) electrons. The van der Waals surface area contributed by atoms with Crippen molar-refractivity contribution in [3.8, 4) is 0 Å². The molecular formula is C27H28N6O2. The summed E-state index contributed by atoms with van der Waals surface area (Å²) in [6.45, 7) is 3.18. The van der Waals surface area contributed by atoms with Crippen LogP contribution in [-0.2, 0) is 24.2 Å². The molecular weight excluding hydrogens is 440 g/mol. The summed E-state index contributed by atoms with van der Waals surface area (Å²) in [6, 6.07) is 19.6. The monoisotopic (exact) mass is 468 g/mol. The van der Waals surface area contributed by atoms with E-state index >= 15 is 0 Å². The van der Waals surface area contributed by atoms with Crippen molar-refractivity contribution in [2.75, 3.05) is 31.1 Å². The van der Waals surface area contributed by atoms with E-state index in [2.05, 4.69) is 32.0 Å². The van der Waals surface area contributed by atoms with E-state index in [9.17, 15) is 9.59 Å². The number of anilines is 1. The molecule has 1 aliphatic rings. The molecule has 2 aromatic carbocycles. The topological polar surface area (TPSA) is 84.2 Å². The Morgan fingerprint density at radius 2 is 1.54 bits per heavy atom. The summed E-state index contributed by atoms with van der Waals surface area (Å²) in [5.74, 6) is 0.736. The van der Waals surface area contributed by atoms with E-state index in [1.807, 2.05) is 47.4 Å². The molecule has 2 aromatic heterocycles. The molecule has 3 heterocycles. The van der Waals surface area contributed by atoms with Gasteiger partial charge in [-0.05, 0) is 30.2 Å². The Kier molecular flexibility index (Phi) is 6.79. The molecule has 1 saturated heterocycles. The van der Waals surface area contributed by atoms with Crippen LogP contribution in [0, 0.1) is 0 Å². The molecule has 0 saturated carbocycles. The fourth-order valence-electron chi connectivity index (χ4n) is 4.51. The van der Waals surface area contributed by atoms with E-state index < -0.39 is 0 Å². The molecule has 1 fully saturated rings. The number of para-hydroxylation sites is 2. The summed E-state index contributed by atoms with van der Waals surface area (Å²) in [5.41, 5.74) is 3.11. The van der Waals surface area contributed by atoms with Gasteiger partial charge in [0.1, 0.15) is 5.69 Å². The fraction of sp³-hybridized carbons (Fsp3) is 0.296. The van der Waals surface area contributed by atoms with Gasteiger partial charge in [-0.2, -0.15) is 0 Å². The van der Waals surface area contributed by atoms with Gasteiger partial charge in [-0.1, -0.05) is 42.5 Å². The predicted molar refractivity (Wildman–Crippen MR) is 135 cm³/mol. The lowest BCUT2D eigenvalue weighted by atomic mass is 10.1. The van der Waals surface area contributed by atoms with Crippen LogP contribution < -0.4 is 10.5 Å². The zero-order valence-electron chi connectivity index (χ0n) is 19.6. The highest BCUT2D eigenvalue weighted by molar-refractivity contribution is 5.77. The second kappa shape index (κ2) is 10.5. The van der Waals surface area contributed by atoms with Gasteiger partial charge in [-0.15, -0.1) is 0 Å². The Morgan fingerprint density at radius 1 is 0.829 bits per heavy atom. The average Bonchev–Trinajstić information content (AvgIpc) is 2.92. The molecule has 4 aromatic rings. The molecule has 1 amide bonds. The van der Waals surface area contributed by atoms with Crippen LogP contribution in [-0.4, -0.2) is 56.5 Å². The van der Waals surface area contributed by atoms with Crippen molar-refractivity contribution < 1.29 is 4.79 Å². The molecule has 0 N–H and O–H groups in total. The molecule has 1 aliphatic heterocycles. The Bertz CT molecular complexity index is 1350. The molecule has 0 aliphatic carbocycles. The first-order chi connectivity index (χ1) is 17.2. The van der Waals surface area contributed by atoms with Crippen LogP contribution in [0.15, 0.2) is 77.9 Å². The van der Waals surface area contributed by atoms with Crippen LogP contribution in [0.1, 0.15) is 17.7 Å². The van der Waals surface area contributed by atoms with Crippen LogP contribution >= 0.6 is 0 Å². The van der Waals surface area contributed by atoms with E-state index in [1.54, 1.807) is 23.0 Å². The molecule has 8 heteroatoms. The second-order valence-corrected chi connectivity index (χ2v) is 8.66. The van der Waals surface area contributed by atoms with Gasteiger partial charge in [0.05, 0.1) is 11.0 Å². The molecule has 0 bridgehead atoms. The number of aryl methyl sites for hydroxylation is 3. The van der Waals surface area contributed by atoms with E-state index in [0.717, 1.165) is 17.5 Å². The number of rotatable bonds is 7. The minimum atomic E-state index is -0.113. The van der Waals surface area contributed by atoms with Gasteiger partial charge in [0.15, 0.2) is 0 Å². The van der Waals surface area contributed by atoms with Crippen LogP contribution in [0.4, 0.5) is 5.95 Å². The molecule has 5 rings (SSSR count). The zero-order valence-corrected chi connectivity index (χ0v) is 19.6. The Morgan fingerprint density at radius 3 is 2.31 bits per heavy atom. The number of nitrogens with zero attached hydrogens (tertiary/aromatic N) is 6.